The number of aliphatic hydroxyl groups is 1. The monoisotopic (exact) mass is 326 g/mol. The van der Waals surface area contributed by atoms with E-state index in [1.807, 2.05) is 0 Å². The van der Waals surface area contributed by atoms with Crippen LogP contribution in [0.2, 0.25) is 0 Å². The van der Waals surface area contributed by atoms with E-state index in [-0.39, 0.29) is 5.41 Å². The van der Waals surface area contributed by atoms with Crippen molar-refractivity contribution < 1.29 is 9.84 Å². The highest BCUT2D eigenvalue weighted by Crippen LogP contribution is 2.65. The van der Waals surface area contributed by atoms with Gasteiger partial charge in [0.05, 0.1) is 12.9 Å². The standard InChI is InChI=1S/C22H30O2/c1-4-21-12-10-18-17-9-7-16(24-3)14-15(17)6-8-19(18)20(21)11-13-22(21,23)5-2/h2,7,18-20,23H,4,6,8-14H2,1,3H3/t18-,19-,20+,21+,22+/m0/s1. The summed E-state index contributed by atoms with van der Waals surface area (Å²) in [7, 11) is 1.79. The maximum Gasteiger partial charge on any atom is 0.131 e. The average Bonchev–Trinajstić information content (AvgIpc) is 2.94. The van der Waals surface area contributed by atoms with Crippen LogP contribution in [0.15, 0.2) is 23.0 Å². The largest absolute Gasteiger partial charge is 0.501 e. The zero-order valence-corrected chi connectivity index (χ0v) is 15.1. The molecule has 0 aliphatic heterocycles. The van der Waals surface area contributed by atoms with Gasteiger partial charge in [-0.2, -0.15) is 0 Å². The van der Waals surface area contributed by atoms with Gasteiger partial charge in [-0.3, -0.25) is 0 Å². The fourth-order valence-corrected chi connectivity index (χ4v) is 6.83. The molecule has 0 unspecified atom stereocenters. The molecule has 4 rings (SSSR count). The molecule has 0 aromatic carbocycles. The average molecular weight is 326 g/mol. The summed E-state index contributed by atoms with van der Waals surface area (Å²) in [6, 6.07) is 0. The maximum absolute atomic E-state index is 11.2. The van der Waals surface area contributed by atoms with E-state index in [1.165, 1.54) is 19.3 Å². The van der Waals surface area contributed by atoms with Crippen LogP contribution in [0.5, 0.6) is 0 Å². The van der Waals surface area contributed by atoms with E-state index >= 15 is 0 Å². The number of methoxy groups -OCH3 is 1. The Balaban J connectivity index is 1.65. The van der Waals surface area contributed by atoms with Crippen LogP contribution in [0, 0.1) is 35.5 Å². The molecule has 2 saturated carbocycles. The van der Waals surface area contributed by atoms with Crippen LogP contribution in [-0.4, -0.2) is 17.8 Å². The summed E-state index contributed by atoms with van der Waals surface area (Å²) in [5.41, 5.74) is 2.43. The Morgan fingerprint density at radius 1 is 1.33 bits per heavy atom. The minimum Gasteiger partial charge on any atom is -0.501 e. The van der Waals surface area contributed by atoms with Gasteiger partial charge in [0.2, 0.25) is 0 Å². The summed E-state index contributed by atoms with van der Waals surface area (Å²) in [5.74, 6) is 6.00. The molecule has 0 saturated heterocycles. The number of hydrogen-bond donors (Lipinski definition) is 1. The highest BCUT2D eigenvalue weighted by Gasteiger charge is 2.62. The Labute approximate surface area is 146 Å². The normalized spacial score (nSPS) is 44.1. The van der Waals surface area contributed by atoms with Crippen molar-refractivity contribution in [2.75, 3.05) is 7.11 Å². The molecular weight excluding hydrogens is 296 g/mol. The third kappa shape index (κ3) is 2.00. The Morgan fingerprint density at radius 2 is 2.17 bits per heavy atom. The predicted octanol–water partition coefficient (Wildman–Crippen LogP) is 4.60. The summed E-state index contributed by atoms with van der Waals surface area (Å²) >= 11 is 0. The maximum atomic E-state index is 11.2. The zero-order valence-electron chi connectivity index (χ0n) is 15.1. The number of ether oxygens (including phenoxy) is 1. The van der Waals surface area contributed by atoms with Crippen molar-refractivity contribution in [3.05, 3.63) is 23.0 Å². The van der Waals surface area contributed by atoms with Crippen LogP contribution in [0.3, 0.4) is 0 Å². The molecule has 0 aromatic rings. The Hall–Kier alpha value is -1.20. The van der Waals surface area contributed by atoms with Gasteiger partial charge in [0.1, 0.15) is 5.60 Å². The minimum atomic E-state index is -0.873. The van der Waals surface area contributed by atoms with E-state index in [1.54, 1.807) is 18.3 Å². The first-order valence-corrected chi connectivity index (χ1v) is 9.72. The summed E-state index contributed by atoms with van der Waals surface area (Å²) in [4.78, 5) is 0. The molecule has 2 heteroatoms. The van der Waals surface area contributed by atoms with Crippen molar-refractivity contribution in [3.8, 4) is 12.3 Å². The van der Waals surface area contributed by atoms with E-state index < -0.39 is 5.60 Å². The molecule has 4 aliphatic carbocycles. The molecule has 0 heterocycles. The van der Waals surface area contributed by atoms with Crippen LogP contribution in [0.4, 0.5) is 0 Å². The molecule has 4 aliphatic rings. The molecule has 2 fully saturated rings. The third-order valence-corrected chi connectivity index (χ3v) is 8.04. The lowest BCUT2D eigenvalue weighted by Gasteiger charge is -2.54. The predicted molar refractivity (Wildman–Crippen MR) is 96.0 cm³/mol. The van der Waals surface area contributed by atoms with Crippen LogP contribution in [0.25, 0.3) is 0 Å². The van der Waals surface area contributed by atoms with Gasteiger partial charge in [-0.15, -0.1) is 6.42 Å². The molecule has 0 amide bonds. The van der Waals surface area contributed by atoms with Gasteiger partial charge in [0.15, 0.2) is 0 Å². The van der Waals surface area contributed by atoms with Crippen molar-refractivity contribution in [3.63, 3.8) is 0 Å². The van der Waals surface area contributed by atoms with Gasteiger partial charge in [-0.1, -0.05) is 24.0 Å². The van der Waals surface area contributed by atoms with Gasteiger partial charge in [0.25, 0.3) is 0 Å². The van der Waals surface area contributed by atoms with E-state index in [9.17, 15) is 5.11 Å². The second-order valence-electron chi connectivity index (χ2n) is 8.39. The van der Waals surface area contributed by atoms with Crippen molar-refractivity contribution in [1.29, 1.82) is 0 Å². The third-order valence-electron chi connectivity index (χ3n) is 8.04. The number of allylic oxidation sites excluding steroid dienone is 3. The molecule has 0 spiro atoms. The number of hydrogen-bond acceptors (Lipinski definition) is 2. The fraction of sp³-hybridized carbons (Fsp3) is 0.727. The SMILES string of the molecule is C#C[C@@]1(O)CC[C@@H]2[C@H]3CCC4=C(CC=C(OC)C4)[C@@H]3CC[C@]21CC. The second kappa shape index (κ2) is 5.67. The van der Waals surface area contributed by atoms with Crippen molar-refractivity contribution in [2.45, 2.75) is 70.3 Å². The van der Waals surface area contributed by atoms with Gasteiger partial charge in [-0.05, 0) is 75.2 Å². The quantitative estimate of drug-likeness (QED) is 0.594. The van der Waals surface area contributed by atoms with Gasteiger partial charge < -0.3 is 9.84 Å². The van der Waals surface area contributed by atoms with E-state index in [0.717, 1.165) is 50.2 Å². The summed E-state index contributed by atoms with van der Waals surface area (Å²) in [6.07, 6.45) is 17.9. The van der Waals surface area contributed by atoms with E-state index in [4.69, 9.17) is 11.2 Å². The van der Waals surface area contributed by atoms with Crippen molar-refractivity contribution >= 4 is 0 Å². The molecule has 130 valence electrons. The Morgan fingerprint density at radius 3 is 2.88 bits per heavy atom. The minimum absolute atomic E-state index is 0.0385. The second-order valence-corrected chi connectivity index (χ2v) is 8.39. The topological polar surface area (TPSA) is 29.5 Å². The smallest absolute Gasteiger partial charge is 0.131 e. The molecule has 5 atom stereocenters. The van der Waals surface area contributed by atoms with E-state index in [2.05, 4.69) is 18.9 Å². The van der Waals surface area contributed by atoms with Gasteiger partial charge >= 0.3 is 0 Å². The van der Waals surface area contributed by atoms with Crippen LogP contribution in [-0.2, 0) is 4.74 Å². The lowest BCUT2D eigenvalue weighted by atomic mass is 9.51. The molecule has 2 nitrogen and oxygen atoms in total. The summed E-state index contributed by atoms with van der Waals surface area (Å²) in [5, 5.41) is 11.2. The molecular formula is C22H30O2. The van der Waals surface area contributed by atoms with Gasteiger partial charge in [0, 0.05) is 11.8 Å². The summed E-state index contributed by atoms with van der Waals surface area (Å²) < 4.78 is 5.49. The Bertz CT molecular complexity index is 637. The molecule has 0 bridgehead atoms. The van der Waals surface area contributed by atoms with Crippen LogP contribution >= 0.6 is 0 Å². The fourth-order valence-electron chi connectivity index (χ4n) is 6.83. The number of terminal acetylenes is 1. The zero-order chi connectivity index (χ0) is 16.9. The van der Waals surface area contributed by atoms with Gasteiger partial charge in [-0.25, -0.2) is 0 Å². The van der Waals surface area contributed by atoms with E-state index in [0.29, 0.717) is 11.8 Å². The molecule has 0 aromatic heterocycles. The first kappa shape index (κ1) is 16.3. The summed E-state index contributed by atoms with van der Waals surface area (Å²) in [6.45, 7) is 2.24. The highest BCUT2D eigenvalue weighted by atomic mass is 16.5. The first-order valence-electron chi connectivity index (χ1n) is 9.72. The highest BCUT2D eigenvalue weighted by molar-refractivity contribution is 5.34. The van der Waals surface area contributed by atoms with Crippen molar-refractivity contribution in [2.24, 2.45) is 23.2 Å². The van der Waals surface area contributed by atoms with Crippen LogP contribution in [0.1, 0.15) is 64.7 Å². The lowest BCUT2D eigenvalue weighted by molar-refractivity contribution is -0.0855. The first-order chi connectivity index (χ1) is 11.6. The number of rotatable bonds is 2. The molecule has 24 heavy (non-hydrogen) atoms. The molecule has 0 radical (unpaired) electrons. The Kier molecular flexibility index (Phi) is 3.84. The number of fused-ring (bicyclic) bond motifs is 4. The lowest BCUT2D eigenvalue weighted by Crippen LogP contribution is -2.52. The van der Waals surface area contributed by atoms with Crippen molar-refractivity contribution in [1.82, 2.24) is 0 Å². The molecule has 1 N–H and O–H groups in total. The van der Waals surface area contributed by atoms with Crippen LogP contribution < -0.4 is 0 Å².